The molecule has 4 heterocycles. The number of anilines is 6. The summed E-state index contributed by atoms with van der Waals surface area (Å²) in [5.41, 5.74) is 15.1. The van der Waals surface area contributed by atoms with Gasteiger partial charge in [-0.15, -0.1) is 0 Å². The molecule has 4 aromatic heterocycles. The van der Waals surface area contributed by atoms with Crippen molar-refractivity contribution < 1.29 is 0 Å². The molecule has 0 aliphatic carbocycles. The molecule has 0 aliphatic heterocycles. The van der Waals surface area contributed by atoms with Gasteiger partial charge in [0.1, 0.15) is 0 Å². The van der Waals surface area contributed by atoms with Crippen LogP contribution in [0.2, 0.25) is 0 Å². The Morgan fingerprint density at radius 3 is 0.984 bits per heavy atom. The monoisotopic (exact) mass is 820 g/mol. The van der Waals surface area contributed by atoms with Gasteiger partial charge in [0.25, 0.3) is 0 Å². The van der Waals surface area contributed by atoms with Crippen molar-refractivity contribution in [3.63, 3.8) is 0 Å². The molecule has 0 aliphatic rings. The van der Waals surface area contributed by atoms with E-state index in [0.717, 1.165) is 89.5 Å². The first-order chi connectivity index (χ1) is 31.8. The van der Waals surface area contributed by atoms with Crippen molar-refractivity contribution in [1.82, 2.24) is 19.1 Å². The average molecular weight is 821 g/mol. The predicted octanol–water partition coefficient (Wildman–Crippen LogP) is 15.3. The average Bonchev–Trinajstić information content (AvgIpc) is 3.88. The molecule has 12 rings (SSSR count). The van der Waals surface area contributed by atoms with Crippen molar-refractivity contribution in [3.8, 4) is 22.5 Å². The summed E-state index contributed by atoms with van der Waals surface area (Å²) >= 11 is 0. The first-order valence-corrected chi connectivity index (χ1v) is 21.6. The molecule has 6 heteroatoms. The molecule has 0 N–H and O–H groups in total. The molecule has 0 atom stereocenters. The first-order valence-electron chi connectivity index (χ1n) is 21.6. The van der Waals surface area contributed by atoms with Gasteiger partial charge in [-0.2, -0.15) is 0 Å². The van der Waals surface area contributed by atoms with E-state index in [1.165, 1.54) is 10.8 Å². The highest BCUT2D eigenvalue weighted by Crippen LogP contribution is 2.44. The molecule has 0 radical (unpaired) electrons. The lowest BCUT2D eigenvalue weighted by Gasteiger charge is -2.25. The van der Waals surface area contributed by atoms with Crippen LogP contribution < -0.4 is 9.80 Å². The van der Waals surface area contributed by atoms with Crippen molar-refractivity contribution >= 4 is 77.7 Å². The molecule has 0 amide bonds. The van der Waals surface area contributed by atoms with Crippen LogP contribution in [0.3, 0.4) is 0 Å². The minimum absolute atomic E-state index is 0.987. The van der Waals surface area contributed by atoms with Gasteiger partial charge in [-0.3, -0.25) is 9.97 Å². The number of aromatic nitrogens is 4. The fraction of sp³-hybridized carbons (Fsp3) is 0. The fourth-order valence-electron chi connectivity index (χ4n) is 9.51. The lowest BCUT2D eigenvalue weighted by Crippen LogP contribution is -2.09. The summed E-state index contributed by atoms with van der Waals surface area (Å²) < 4.78 is 4.74. The Bertz CT molecular complexity index is 3300. The molecule has 6 nitrogen and oxygen atoms in total. The Morgan fingerprint density at radius 1 is 0.281 bits per heavy atom. The Balaban J connectivity index is 1.04. The minimum atomic E-state index is 0.987. The van der Waals surface area contributed by atoms with Crippen molar-refractivity contribution in [2.75, 3.05) is 9.80 Å². The van der Waals surface area contributed by atoms with E-state index in [2.05, 4.69) is 237 Å². The van der Waals surface area contributed by atoms with E-state index in [0.29, 0.717) is 0 Å². The lowest BCUT2D eigenvalue weighted by atomic mass is 10.0. The van der Waals surface area contributed by atoms with Crippen molar-refractivity contribution in [3.05, 3.63) is 243 Å². The highest BCUT2D eigenvalue weighted by molar-refractivity contribution is 6.13. The first kappa shape index (κ1) is 37.1. The third kappa shape index (κ3) is 6.19. The quantitative estimate of drug-likeness (QED) is 0.145. The van der Waals surface area contributed by atoms with Gasteiger partial charge in [-0.25, -0.2) is 0 Å². The zero-order valence-electron chi connectivity index (χ0n) is 34.8. The van der Waals surface area contributed by atoms with E-state index in [4.69, 9.17) is 9.97 Å². The minimum Gasteiger partial charge on any atom is -0.310 e. The maximum Gasteiger partial charge on any atom is 0.0724 e. The van der Waals surface area contributed by atoms with Crippen molar-refractivity contribution in [2.24, 2.45) is 0 Å². The summed E-state index contributed by atoms with van der Waals surface area (Å²) in [5, 5.41) is 4.66. The molecule has 0 unspecified atom stereocenters. The molecular formula is C58H40N6. The van der Waals surface area contributed by atoms with E-state index < -0.39 is 0 Å². The fourth-order valence-corrected chi connectivity index (χ4v) is 9.51. The molecule has 0 saturated carbocycles. The van der Waals surface area contributed by atoms with E-state index in [9.17, 15) is 0 Å². The summed E-state index contributed by atoms with van der Waals surface area (Å²) in [6.07, 6.45) is 7.79. The highest BCUT2D eigenvalue weighted by atomic mass is 15.1. The molecule has 64 heavy (non-hydrogen) atoms. The Morgan fingerprint density at radius 2 is 0.609 bits per heavy atom. The summed E-state index contributed by atoms with van der Waals surface area (Å²) in [7, 11) is 0. The topological polar surface area (TPSA) is 42.1 Å². The molecule has 0 saturated heterocycles. The predicted molar refractivity (Wildman–Crippen MR) is 266 cm³/mol. The van der Waals surface area contributed by atoms with Gasteiger partial charge in [-0.1, -0.05) is 109 Å². The second-order valence-corrected chi connectivity index (χ2v) is 15.9. The van der Waals surface area contributed by atoms with E-state index in [1.54, 1.807) is 0 Å². The van der Waals surface area contributed by atoms with Gasteiger partial charge in [0.15, 0.2) is 0 Å². The summed E-state index contributed by atoms with van der Waals surface area (Å²) in [6, 6.07) is 77.6. The normalized spacial score (nSPS) is 11.4. The van der Waals surface area contributed by atoms with Gasteiger partial charge in [-0.05, 0) is 109 Å². The second-order valence-electron chi connectivity index (χ2n) is 15.9. The molecule has 12 aromatic rings. The standard InChI is InChI=1S/C58H40N6/c1-5-17-41(18-6-1)61(42-19-7-2-8-20-42)45-29-31-55-51(37-45)47-25-13-15-27-53(47)63(55)57-39-59-35-33-49(57)50-34-36-60-40-58(50)64-54-28-16-14-26-48(54)52-38-46(30-32-56(52)64)62(43-21-9-3-10-22-43)44-23-11-4-12-24-44/h1-40H. The summed E-state index contributed by atoms with van der Waals surface area (Å²) in [4.78, 5) is 14.2. The van der Waals surface area contributed by atoms with Crippen LogP contribution in [-0.4, -0.2) is 19.1 Å². The number of nitrogens with zero attached hydrogens (tertiary/aromatic N) is 6. The van der Waals surface area contributed by atoms with Crippen LogP contribution in [0.4, 0.5) is 34.1 Å². The van der Waals surface area contributed by atoms with Gasteiger partial charge >= 0.3 is 0 Å². The van der Waals surface area contributed by atoms with E-state index in [1.807, 2.05) is 24.8 Å². The number of fused-ring (bicyclic) bond motifs is 6. The maximum absolute atomic E-state index is 4.78. The zero-order valence-corrected chi connectivity index (χ0v) is 34.8. The third-order valence-corrected chi connectivity index (χ3v) is 12.3. The lowest BCUT2D eigenvalue weighted by molar-refractivity contribution is 1.12. The zero-order chi connectivity index (χ0) is 42.4. The van der Waals surface area contributed by atoms with Crippen LogP contribution in [0.15, 0.2) is 243 Å². The van der Waals surface area contributed by atoms with E-state index >= 15 is 0 Å². The summed E-state index contributed by atoms with van der Waals surface area (Å²) in [6.45, 7) is 0. The van der Waals surface area contributed by atoms with Crippen LogP contribution in [0.5, 0.6) is 0 Å². The van der Waals surface area contributed by atoms with Crippen LogP contribution in [0.25, 0.3) is 66.1 Å². The number of hydrogen-bond acceptors (Lipinski definition) is 4. The number of benzene rings is 8. The van der Waals surface area contributed by atoms with Gasteiger partial charge in [0, 0.05) is 79.2 Å². The third-order valence-electron chi connectivity index (χ3n) is 12.3. The van der Waals surface area contributed by atoms with Gasteiger partial charge < -0.3 is 18.9 Å². The highest BCUT2D eigenvalue weighted by Gasteiger charge is 2.23. The second kappa shape index (κ2) is 15.6. The van der Waals surface area contributed by atoms with E-state index in [-0.39, 0.29) is 0 Å². The SMILES string of the molecule is c1ccc(N(c2ccccc2)c2ccc3c(c2)c2ccccc2n3-c2cnccc2-c2ccncc2-n2c3ccccc3c3cc(N(c4ccccc4)c4ccccc4)ccc32)cc1. The molecule has 0 fully saturated rings. The number of hydrogen-bond donors (Lipinski definition) is 0. The Kier molecular flexibility index (Phi) is 9.05. The number of rotatable bonds is 9. The van der Waals surface area contributed by atoms with Crippen molar-refractivity contribution in [1.29, 1.82) is 0 Å². The van der Waals surface area contributed by atoms with Crippen LogP contribution in [0.1, 0.15) is 0 Å². The van der Waals surface area contributed by atoms with Gasteiger partial charge in [0.05, 0.1) is 45.8 Å². The summed E-state index contributed by atoms with van der Waals surface area (Å²) in [5.74, 6) is 0. The van der Waals surface area contributed by atoms with Crippen LogP contribution >= 0.6 is 0 Å². The van der Waals surface area contributed by atoms with Gasteiger partial charge in [0.2, 0.25) is 0 Å². The number of pyridine rings is 2. The smallest absolute Gasteiger partial charge is 0.0724 e. The van der Waals surface area contributed by atoms with Crippen LogP contribution in [0, 0.1) is 0 Å². The molecule has 0 bridgehead atoms. The molecule has 302 valence electrons. The Hall–Kier alpha value is -8.74. The molecule has 0 spiro atoms. The molecular weight excluding hydrogens is 781 g/mol. The Labute approximate surface area is 370 Å². The van der Waals surface area contributed by atoms with Crippen molar-refractivity contribution in [2.45, 2.75) is 0 Å². The maximum atomic E-state index is 4.78. The largest absolute Gasteiger partial charge is 0.310 e. The van der Waals surface area contributed by atoms with Crippen LogP contribution in [-0.2, 0) is 0 Å². The molecule has 8 aromatic carbocycles. The number of para-hydroxylation sites is 6.